The molecule has 2 aromatic rings. The Kier molecular flexibility index (Phi) is 4.91. The quantitative estimate of drug-likeness (QED) is 0.606. The Morgan fingerprint density at radius 2 is 1.55 bits per heavy atom. The number of carbonyl (C=O) groups excluding carboxylic acids is 1. The highest BCUT2D eigenvalue weighted by Crippen LogP contribution is 2.19. The van der Waals surface area contributed by atoms with Gasteiger partial charge in [0.05, 0.1) is 12.2 Å². The molecular weight excluding hydrogens is 252 g/mol. The van der Waals surface area contributed by atoms with Crippen molar-refractivity contribution in [2.75, 3.05) is 6.61 Å². The van der Waals surface area contributed by atoms with E-state index in [4.69, 9.17) is 9.78 Å². The van der Waals surface area contributed by atoms with Crippen LogP contribution < -0.4 is 0 Å². The summed E-state index contributed by atoms with van der Waals surface area (Å²) in [6.07, 6.45) is 0. The van der Waals surface area contributed by atoms with Gasteiger partial charge in [0.15, 0.2) is 0 Å². The lowest BCUT2D eigenvalue weighted by Crippen LogP contribution is -2.09. The molecule has 0 aliphatic rings. The summed E-state index contributed by atoms with van der Waals surface area (Å²) >= 11 is 0. The van der Waals surface area contributed by atoms with Gasteiger partial charge in [-0.1, -0.05) is 56.3 Å². The highest BCUT2D eigenvalue weighted by Gasteiger charge is 2.09. The molecule has 0 fully saturated rings. The second kappa shape index (κ2) is 6.87. The molecule has 0 N–H and O–H groups in total. The molecule has 104 valence electrons. The highest BCUT2D eigenvalue weighted by molar-refractivity contribution is 5.89. The van der Waals surface area contributed by atoms with Crippen molar-refractivity contribution in [1.29, 1.82) is 0 Å². The van der Waals surface area contributed by atoms with Gasteiger partial charge in [-0.25, -0.2) is 4.79 Å². The fourth-order valence-electron chi connectivity index (χ4n) is 1.70. The smallest absolute Gasteiger partial charge is 0.293 e. The molecule has 0 saturated heterocycles. The first-order chi connectivity index (χ1) is 9.66. The van der Waals surface area contributed by atoms with E-state index in [9.17, 15) is 4.79 Å². The van der Waals surface area contributed by atoms with E-state index in [1.54, 1.807) is 12.1 Å². The van der Waals surface area contributed by atoms with E-state index >= 15 is 0 Å². The van der Waals surface area contributed by atoms with Gasteiger partial charge in [-0.3, -0.25) is 4.89 Å². The predicted octanol–water partition coefficient (Wildman–Crippen LogP) is 4.10. The maximum atomic E-state index is 11.7. The lowest BCUT2D eigenvalue weighted by atomic mass is 10.0. The Labute approximate surface area is 119 Å². The van der Waals surface area contributed by atoms with Crippen LogP contribution in [-0.4, -0.2) is 12.6 Å². The third-order valence-electron chi connectivity index (χ3n) is 2.76. The van der Waals surface area contributed by atoms with Gasteiger partial charge in [-0.05, 0) is 29.2 Å². The minimum absolute atomic E-state index is 0.322. The first kappa shape index (κ1) is 14.3. The van der Waals surface area contributed by atoms with E-state index in [1.807, 2.05) is 56.3 Å². The largest absolute Gasteiger partial charge is 0.373 e. The molecule has 0 bridgehead atoms. The normalized spacial score (nSPS) is 10.6. The molecule has 2 rings (SSSR count). The molecule has 0 heterocycles. The molecule has 0 aliphatic heterocycles. The third kappa shape index (κ3) is 3.93. The van der Waals surface area contributed by atoms with Crippen LogP contribution in [0.1, 0.15) is 24.2 Å². The Morgan fingerprint density at radius 3 is 2.15 bits per heavy atom. The Morgan fingerprint density at radius 1 is 0.950 bits per heavy atom. The fourth-order valence-corrected chi connectivity index (χ4v) is 1.70. The third-order valence-corrected chi connectivity index (χ3v) is 2.76. The molecule has 2 aromatic carbocycles. The highest BCUT2D eigenvalue weighted by atomic mass is 17.2. The molecular formula is C17H18O3. The van der Waals surface area contributed by atoms with Gasteiger partial charge in [0.1, 0.15) is 0 Å². The van der Waals surface area contributed by atoms with E-state index in [2.05, 4.69) is 0 Å². The average molecular weight is 270 g/mol. The van der Waals surface area contributed by atoms with Crippen molar-refractivity contribution in [2.24, 2.45) is 5.92 Å². The van der Waals surface area contributed by atoms with Crippen molar-refractivity contribution >= 4 is 5.97 Å². The number of hydrogen-bond donors (Lipinski definition) is 0. The summed E-state index contributed by atoms with van der Waals surface area (Å²) in [5, 5.41) is 0. The van der Waals surface area contributed by atoms with E-state index < -0.39 is 5.97 Å². The van der Waals surface area contributed by atoms with Crippen LogP contribution in [0.15, 0.2) is 54.6 Å². The maximum Gasteiger partial charge on any atom is 0.373 e. The maximum absolute atomic E-state index is 11.7. The molecule has 0 aliphatic carbocycles. The molecule has 0 unspecified atom stereocenters. The summed E-state index contributed by atoms with van der Waals surface area (Å²) in [5.41, 5.74) is 2.65. The number of benzene rings is 2. The lowest BCUT2D eigenvalue weighted by molar-refractivity contribution is -0.246. The van der Waals surface area contributed by atoms with E-state index in [-0.39, 0.29) is 0 Å². The van der Waals surface area contributed by atoms with E-state index in [0.29, 0.717) is 18.1 Å². The summed E-state index contributed by atoms with van der Waals surface area (Å²) in [5.74, 6) is -0.145. The summed E-state index contributed by atoms with van der Waals surface area (Å²) in [7, 11) is 0. The first-order valence-electron chi connectivity index (χ1n) is 6.66. The fraction of sp³-hybridized carbons (Fsp3) is 0.235. The van der Waals surface area contributed by atoms with Crippen LogP contribution >= 0.6 is 0 Å². The zero-order chi connectivity index (χ0) is 14.4. The van der Waals surface area contributed by atoms with Crippen molar-refractivity contribution in [3.63, 3.8) is 0 Å². The van der Waals surface area contributed by atoms with Gasteiger partial charge in [-0.2, -0.15) is 4.89 Å². The molecule has 0 spiro atoms. The monoisotopic (exact) mass is 270 g/mol. The molecule has 0 aromatic heterocycles. The van der Waals surface area contributed by atoms with Gasteiger partial charge in [0, 0.05) is 0 Å². The summed E-state index contributed by atoms with van der Waals surface area (Å²) in [6.45, 7) is 4.37. The van der Waals surface area contributed by atoms with Gasteiger partial charge < -0.3 is 0 Å². The molecule has 0 atom stereocenters. The van der Waals surface area contributed by atoms with Gasteiger partial charge in [0.25, 0.3) is 0 Å². The zero-order valence-electron chi connectivity index (χ0n) is 11.7. The molecule has 0 radical (unpaired) electrons. The Hall–Kier alpha value is -2.13. The molecule has 3 heteroatoms. The van der Waals surface area contributed by atoms with Crippen molar-refractivity contribution in [2.45, 2.75) is 13.8 Å². The minimum Gasteiger partial charge on any atom is -0.293 e. The van der Waals surface area contributed by atoms with Crippen molar-refractivity contribution < 1.29 is 14.6 Å². The molecule has 0 saturated carbocycles. The molecule has 0 amide bonds. The van der Waals surface area contributed by atoms with Crippen molar-refractivity contribution in [3.05, 3.63) is 60.2 Å². The van der Waals surface area contributed by atoms with Crippen LogP contribution in [0.4, 0.5) is 0 Å². The van der Waals surface area contributed by atoms with Crippen molar-refractivity contribution in [1.82, 2.24) is 0 Å². The number of hydrogen-bond acceptors (Lipinski definition) is 3. The SMILES string of the molecule is CC(C)COOC(=O)c1ccc(-c2ccccc2)cc1. The number of rotatable bonds is 5. The minimum atomic E-state index is -0.467. The Balaban J connectivity index is 1.99. The predicted molar refractivity (Wildman–Crippen MR) is 78.1 cm³/mol. The van der Waals surface area contributed by atoms with Gasteiger partial charge in [-0.15, -0.1) is 0 Å². The van der Waals surface area contributed by atoms with Crippen molar-refractivity contribution in [3.8, 4) is 11.1 Å². The van der Waals surface area contributed by atoms with Crippen LogP contribution in [0, 0.1) is 5.92 Å². The zero-order valence-corrected chi connectivity index (χ0v) is 11.7. The summed E-state index contributed by atoms with van der Waals surface area (Å²) in [4.78, 5) is 21.3. The first-order valence-corrected chi connectivity index (χ1v) is 6.66. The molecule has 3 nitrogen and oxygen atoms in total. The van der Waals surface area contributed by atoms with Crippen LogP contribution in [0.3, 0.4) is 0 Å². The second-order valence-electron chi connectivity index (χ2n) is 4.99. The topological polar surface area (TPSA) is 35.5 Å². The van der Waals surface area contributed by atoms with E-state index in [1.165, 1.54) is 0 Å². The van der Waals surface area contributed by atoms with Gasteiger partial charge in [0.2, 0.25) is 0 Å². The summed E-state index contributed by atoms with van der Waals surface area (Å²) < 4.78 is 0. The lowest BCUT2D eigenvalue weighted by Gasteiger charge is -2.06. The summed E-state index contributed by atoms with van der Waals surface area (Å²) in [6, 6.07) is 17.3. The van der Waals surface area contributed by atoms with Gasteiger partial charge >= 0.3 is 5.97 Å². The van der Waals surface area contributed by atoms with E-state index in [0.717, 1.165) is 11.1 Å². The second-order valence-corrected chi connectivity index (χ2v) is 4.99. The number of carbonyl (C=O) groups is 1. The van der Waals surface area contributed by atoms with Crippen LogP contribution in [0.5, 0.6) is 0 Å². The Bertz CT molecular complexity index is 544. The van der Waals surface area contributed by atoms with Crippen LogP contribution in [-0.2, 0) is 9.78 Å². The average Bonchev–Trinajstić information content (AvgIpc) is 2.48. The van der Waals surface area contributed by atoms with Crippen LogP contribution in [0.25, 0.3) is 11.1 Å². The molecule has 20 heavy (non-hydrogen) atoms. The standard InChI is InChI=1S/C17H18O3/c1-13(2)12-19-20-17(18)16-10-8-15(9-11-16)14-6-4-3-5-7-14/h3-11,13H,12H2,1-2H3. The van der Waals surface area contributed by atoms with Crippen LogP contribution in [0.2, 0.25) is 0 Å².